The van der Waals surface area contributed by atoms with E-state index in [2.05, 4.69) is 13.8 Å². The van der Waals surface area contributed by atoms with Gasteiger partial charge in [0.2, 0.25) is 0 Å². The molecule has 5 aliphatic carbocycles. The molecule has 0 aromatic rings. The van der Waals surface area contributed by atoms with Gasteiger partial charge in [0.15, 0.2) is 0 Å². The molecule has 5 saturated carbocycles. The zero-order valence-corrected chi connectivity index (χ0v) is 17.1. The van der Waals surface area contributed by atoms with Gasteiger partial charge in [0.1, 0.15) is 0 Å². The highest BCUT2D eigenvalue weighted by Crippen LogP contribution is 2.72. The number of ether oxygens (including phenoxy) is 1. The first kappa shape index (κ1) is 18.0. The second kappa shape index (κ2) is 6.48. The molecule has 148 valence electrons. The smallest absolute Gasteiger partial charge is 0.0715 e. The molecule has 0 aromatic carbocycles. The highest BCUT2D eigenvalue weighted by molar-refractivity contribution is 5.17. The van der Waals surface area contributed by atoms with E-state index < -0.39 is 0 Å². The van der Waals surface area contributed by atoms with Crippen LogP contribution in [0.15, 0.2) is 0 Å². The predicted octanol–water partition coefficient (Wildman–Crippen LogP) is 5.58. The third-order valence-corrected chi connectivity index (χ3v) is 9.90. The molecule has 2 nitrogen and oxygen atoms in total. The predicted molar refractivity (Wildman–Crippen MR) is 105 cm³/mol. The molecule has 0 aromatic heterocycles. The normalized spacial score (nSPS) is 53.7. The Kier molecular flexibility index (Phi) is 4.48. The van der Waals surface area contributed by atoms with Crippen molar-refractivity contribution in [1.29, 1.82) is 0 Å². The lowest BCUT2D eigenvalue weighted by Crippen LogP contribution is -2.56. The standard InChI is InChI=1S/C24H40O2/c1-3-14-26-23(2)12-11-22-21-8-4-16-15-18(25)7-9-19(16)20(21)10-13-24(22,23)17-5-6-17/h16-22,25H,3-15H2,1-2H3/t16-,18+,19-,20+,21?,22-,23?,24+/m0/s1. The molecule has 2 unspecified atom stereocenters. The van der Waals surface area contributed by atoms with Crippen molar-refractivity contribution in [2.24, 2.45) is 40.9 Å². The Bertz CT molecular complexity index is 528. The van der Waals surface area contributed by atoms with Gasteiger partial charge in [-0.3, -0.25) is 0 Å². The highest BCUT2D eigenvalue weighted by atomic mass is 16.5. The molecule has 0 aliphatic heterocycles. The van der Waals surface area contributed by atoms with Crippen molar-refractivity contribution >= 4 is 0 Å². The third-order valence-electron chi connectivity index (χ3n) is 9.90. The number of hydrogen-bond acceptors (Lipinski definition) is 2. The number of rotatable bonds is 4. The minimum absolute atomic E-state index is 0.000777. The second-order valence-electron chi connectivity index (χ2n) is 10.9. The molecule has 0 saturated heterocycles. The van der Waals surface area contributed by atoms with Gasteiger partial charge < -0.3 is 9.84 Å². The summed E-state index contributed by atoms with van der Waals surface area (Å²) in [6.45, 7) is 5.72. The molecule has 5 rings (SSSR count). The largest absolute Gasteiger partial charge is 0.393 e. The van der Waals surface area contributed by atoms with E-state index in [1.807, 2.05) is 0 Å². The first-order valence-electron chi connectivity index (χ1n) is 11.9. The Balaban J connectivity index is 1.42. The van der Waals surface area contributed by atoms with Crippen LogP contribution >= 0.6 is 0 Å². The zero-order chi connectivity index (χ0) is 17.9. The van der Waals surface area contributed by atoms with Crippen molar-refractivity contribution in [1.82, 2.24) is 0 Å². The molecule has 1 N–H and O–H groups in total. The number of fused-ring (bicyclic) bond motifs is 5. The number of aliphatic hydroxyl groups excluding tert-OH is 1. The van der Waals surface area contributed by atoms with Gasteiger partial charge in [-0.1, -0.05) is 6.92 Å². The summed E-state index contributed by atoms with van der Waals surface area (Å²) in [5.41, 5.74) is 0.657. The van der Waals surface area contributed by atoms with Crippen LogP contribution in [0.3, 0.4) is 0 Å². The summed E-state index contributed by atoms with van der Waals surface area (Å²) in [4.78, 5) is 0. The van der Waals surface area contributed by atoms with E-state index in [0.29, 0.717) is 5.41 Å². The van der Waals surface area contributed by atoms with Gasteiger partial charge >= 0.3 is 0 Å². The fraction of sp³-hybridized carbons (Fsp3) is 1.00. The van der Waals surface area contributed by atoms with Crippen molar-refractivity contribution in [3.63, 3.8) is 0 Å². The topological polar surface area (TPSA) is 29.5 Å². The van der Waals surface area contributed by atoms with Crippen LogP contribution in [0.5, 0.6) is 0 Å². The lowest BCUT2D eigenvalue weighted by molar-refractivity contribution is -0.171. The van der Waals surface area contributed by atoms with E-state index in [4.69, 9.17) is 4.74 Å². The molecular weight excluding hydrogens is 320 g/mol. The molecule has 0 heterocycles. The van der Waals surface area contributed by atoms with Gasteiger partial charge in [-0.15, -0.1) is 0 Å². The van der Waals surface area contributed by atoms with Crippen molar-refractivity contribution in [3.8, 4) is 0 Å². The average molecular weight is 361 g/mol. The summed E-state index contributed by atoms with van der Waals surface area (Å²) in [5.74, 6) is 5.59. The molecule has 5 aliphatic rings. The fourth-order valence-electron chi connectivity index (χ4n) is 8.86. The third kappa shape index (κ3) is 2.50. The summed E-state index contributed by atoms with van der Waals surface area (Å²) in [7, 11) is 0. The SMILES string of the molecule is CCCOC1(C)CC[C@H]2C3CC[C@H]4C[C@H](O)CC[C@@H]4[C@H]3CC[C@@]21C1CC1. The maximum absolute atomic E-state index is 10.2. The summed E-state index contributed by atoms with van der Waals surface area (Å²) >= 11 is 0. The van der Waals surface area contributed by atoms with Crippen LogP contribution in [0.2, 0.25) is 0 Å². The van der Waals surface area contributed by atoms with Crippen LogP contribution in [0, 0.1) is 40.9 Å². The zero-order valence-electron chi connectivity index (χ0n) is 17.1. The summed E-state index contributed by atoms with van der Waals surface area (Å²) in [6.07, 6.45) is 16.0. The molecule has 26 heavy (non-hydrogen) atoms. The van der Waals surface area contributed by atoms with E-state index in [9.17, 15) is 5.11 Å². The van der Waals surface area contributed by atoms with E-state index >= 15 is 0 Å². The van der Waals surface area contributed by atoms with Crippen LogP contribution in [0.25, 0.3) is 0 Å². The minimum Gasteiger partial charge on any atom is -0.393 e. The summed E-state index contributed by atoms with van der Waals surface area (Å²) in [6, 6.07) is 0. The fourth-order valence-corrected chi connectivity index (χ4v) is 8.86. The van der Waals surface area contributed by atoms with Crippen molar-refractivity contribution < 1.29 is 9.84 Å². The Hall–Kier alpha value is -0.0800. The van der Waals surface area contributed by atoms with Gasteiger partial charge in [-0.25, -0.2) is 0 Å². The van der Waals surface area contributed by atoms with Gasteiger partial charge in [0, 0.05) is 12.0 Å². The number of aliphatic hydroxyl groups is 1. The molecule has 0 spiro atoms. The lowest BCUT2D eigenvalue weighted by Gasteiger charge is -2.59. The highest BCUT2D eigenvalue weighted by Gasteiger charge is 2.68. The molecular formula is C24H40O2. The van der Waals surface area contributed by atoms with Gasteiger partial charge in [-0.2, -0.15) is 0 Å². The van der Waals surface area contributed by atoms with Gasteiger partial charge in [-0.05, 0) is 119 Å². The Labute approximate surface area is 160 Å². The van der Waals surface area contributed by atoms with Gasteiger partial charge in [0.25, 0.3) is 0 Å². The molecule has 2 heteroatoms. The van der Waals surface area contributed by atoms with E-state index in [0.717, 1.165) is 61.4 Å². The quantitative estimate of drug-likeness (QED) is 0.709. The maximum Gasteiger partial charge on any atom is 0.0715 e. The average Bonchev–Trinajstić information content (AvgIpc) is 3.45. The van der Waals surface area contributed by atoms with Crippen LogP contribution in [-0.4, -0.2) is 23.4 Å². The van der Waals surface area contributed by atoms with E-state index in [-0.39, 0.29) is 11.7 Å². The summed E-state index contributed by atoms with van der Waals surface area (Å²) in [5, 5.41) is 10.2. The van der Waals surface area contributed by atoms with Crippen LogP contribution < -0.4 is 0 Å². The molecule has 0 bridgehead atoms. The van der Waals surface area contributed by atoms with Crippen LogP contribution in [-0.2, 0) is 4.74 Å². The maximum atomic E-state index is 10.2. The summed E-state index contributed by atoms with van der Waals surface area (Å²) < 4.78 is 6.68. The van der Waals surface area contributed by atoms with Crippen LogP contribution in [0.4, 0.5) is 0 Å². The first-order valence-corrected chi connectivity index (χ1v) is 11.9. The Morgan fingerprint density at radius 2 is 1.69 bits per heavy atom. The van der Waals surface area contributed by atoms with Crippen molar-refractivity contribution in [3.05, 3.63) is 0 Å². The first-order chi connectivity index (χ1) is 12.6. The lowest BCUT2D eigenvalue weighted by atomic mass is 9.47. The number of hydrogen-bond donors (Lipinski definition) is 1. The Morgan fingerprint density at radius 3 is 2.46 bits per heavy atom. The van der Waals surface area contributed by atoms with E-state index in [1.54, 1.807) is 0 Å². The van der Waals surface area contributed by atoms with Crippen molar-refractivity contribution in [2.45, 2.75) is 103 Å². The molecule has 0 amide bonds. The van der Waals surface area contributed by atoms with Crippen molar-refractivity contribution in [2.75, 3.05) is 6.61 Å². The molecule has 8 atom stereocenters. The van der Waals surface area contributed by atoms with Gasteiger partial charge in [0.05, 0.1) is 11.7 Å². The minimum atomic E-state index is -0.000777. The Morgan fingerprint density at radius 1 is 0.885 bits per heavy atom. The van der Waals surface area contributed by atoms with E-state index in [1.165, 1.54) is 57.8 Å². The van der Waals surface area contributed by atoms with Crippen LogP contribution in [0.1, 0.15) is 90.9 Å². The monoisotopic (exact) mass is 360 g/mol. The second-order valence-corrected chi connectivity index (χ2v) is 10.9. The molecule has 5 fully saturated rings. The molecule has 0 radical (unpaired) electrons.